The van der Waals surface area contributed by atoms with Crippen molar-refractivity contribution in [1.29, 1.82) is 0 Å². The van der Waals surface area contributed by atoms with Crippen LogP contribution in [0.25, 0.3) is 0 Å². The number of fused-ring (bicyclic) bond motifs is 4. The van der Waals surface area contributed by atoms with Crippen LogP contribution in [0, 0.1) is 46.3 Å². The largest absolute Gasteiger partial charge is 0.393 e. The molecule has 8 atom stereocenters. The van der Waals surface area contributed by atoms with Crippen LogP contribution < -0.4 is 0 Å². The highest BCUT2D eigenvalue weighted by atomic mass is 16.3. The highest BCUT2D eigenvalue weighted by Gasteiger charge is 2.55. The van der Waals surface area contributed by atoms with Crippen LogP contribution >= 0.6 is 0 Å². The van der Waals surface area contributed by atoms with Gasteiger partial charge in [-0.15, -0.1) is 0 Å². The summed E-state index contributed by atoms with van der Waals surface area (Å²) in [5.41, 5.74) is 4.80. The van der Waals surface area contributed by atoms with Crippen molar-refractivity contribution in [2.24, 2.45) is 46.3 Å². The molecule has 0 aliphatic heterocycles. The molecule has 1 N–H and O–H groups in total. The quantitative estimate of drug-likeness (QED) is 0.467. The standard InChI is InChI=1S/C28H48O/c1-18(2)19(3)7-8-20(4)24-11-12-25-23-10-9-21-17-22(29)13-15-27(21,5)26(23)14-16-28(24,25)6/h18-22,24,26,29H,7-17H2,1-6H3/t19-,20-,21+,22+,24-,26-,27+,28-/m1/s1. The third-order valence-corrected chi connectivity index (χ3v) is 10.9. The first-order valence-corrected chi connectivity index (χ1v) is 13.1. The van der Waals surface area contributed by atoms with E-state index in [1.807, 2.05) is 11.1 Å². The molecule has 0 amide bonds. The molecule has 0 heterocycles. The summed E-state index contributed by atoms with van der Waals surface area (Å²) in [6.45, 7) is 15.0. The fraction of sp³-hybridized carbons (Fsp3) is 0.929. The predicted octanol–water partition coefficient (Wildman–Crippen LogP) is 7.78. The Morgan fingerprint density at radius 2 is 1.69 bits per heavy atom. The van der Waals surface area contributed by atoms with Gasteiger partial charge in [-0.3, -0.25) is 0 Å². The summed E-state index contributed by atoms with van der Waals surface area (Å²) in [6.07, 6.45) is 14.5. The lowest BCUT2D eigenvalue weighted by molar-refractivity contribution is -0.0381. The minimum atomic E-state index is -0.0268. The van der Waals surface area contributed by atoms with Gasteiger partial charge >= 0.3 is 0 Å². The van der Waals surface area contributed by atoms with E-state index < -0.39 is 0 Å². The summed E-state index contributed by atoms with van der Waals surface area (Å²) in [4.78, 5) is 0. The second-order valence-electron chi connectivity index (χ2n) is 12.6. The number of allylic oxidation sites excluding steroid dienone is 2. The highest BCUT2D eigenvalue weighted by molar-refractivity contribution is 5.34. The fourth-order valence-electron chi connectivity index (χ4n) is 8.48. The van der Waals surface area contributed by atoms with E-state index in [0.717, 1.165) is 48.3 Å². The Kier molecular flexibility index (Phi) is 6.04. The molecule has 0 aromatic heterocycles. The van der Waals surface area contributed by atoms with Gasteiger partial charge in [0.2, 0.25) is 0 Å². The van der Waals surface area contributed by atoms with E-state index >= 15 is 0 Å². The van der Waals surface area contributed by atoms with Gasteiger partial charge in [0.1, 0.15) is 0 Å². The van der Waals surface area contributed by atoms with Crippen LogP contribution in [0.3, 0.4) is 0 Å². The normalized spacial score (nSPS) is 44.3. The van der Waals surface area contributed by atoms with E-state index in [1.165, 1.54) is 57.8 Å². The topological polar surface area (TPSA) is 20.2 Å². The Balaban J connectivity index is 1.53. The van der Waals surface area contributed by atoms with Crippen LogP contribution in [-0.2, 0) is 0 Å². The van der Waals surface area contributed by atoms with Crippen LogP contribution in [0.5, 0.6) is 0 Å². The molecule has 4 aliphatic carbocycles. The maximum absolute atomic E-state index is 10.3. The molecule has 0 bridgehead atoms. The summed E-state index contributed by atoms with van der Waals surface area (Å²) in [5, 5.41) is 10.3. The van der Waals surface area contributed by atoms with Gasteiger partial charge in [0.25, 0.3) is 0 Å². The van der Waals surface area contributed by atoms with Crippen LogP contribution in [0.1, 0.15) is 112 Å². The van der Waals surface area contributed by atoms with Crippen molar-refractivity contribution >= 4 is 0 Å². The summed E-state index contributed by atoms with van der Waals surface area (Å²) in [7, 11) is 0. The van der Waals surface area contributed by atoms with Crippen molar-refractivity contribution in [3.8, 4) is 0 Å². The molecule has 0 aromatic rings. The number of aliphatic hydroxyl groups excluding tert-OH is 1. The summed E-state index contributed by atoms with van der Waals surface area (Å²) in [6, 6.07) is 0. The second-order valence-corrected chi connectivity index (χ2v) is 12.6. The Labute approximate surface area is 181 Å². The van der Waals surface area contributed by atoms with Gasteiger partial charge in [-0.2, -0.15) is 0 Å². The first kappa shape index (κ1) is 21.9. The average Bonchev–Trinajstić information content (AvgIpc) is 3.03. The zero-order valence-electron chi connectivity index (χ0n) is 20.3. The van der Waals surface area contributed by atoms with Crippen LogP contribution in [0.15, 0.2) is 11.1 Å². The number of rotatable bonds is 5. The van der Waals surface area contributed by atoms with Gasteiger partial charge in [-0.25, -0.2) is 0 Å². The van der Waals surface area contributed by atoms with Crippen molar-refractivity contribution in [1.82, 2.24) is 0 Å². The van der Waals surface area contributed by atoms with E-state index in [1.54, 1.807) is 0 Å². The lowest BCUT2D eigenvalue weighted by Crippen LogP contribution is -2.48. The summed E-state index contributed by atoms with van der Waals surface area (Å²) < 4.78 is 0. The maximum atomic E-state index is 10.3. The Morgan fingerprint density at radius 3 is 2.41 bits per heavy atom. The molecule has 3 saturated carbocycles. The molecule has 4 rings (SSSR count). The van der Waals surface area contributed by atoms with Gasteiger partial charge < -0.3 is 5.11 Å². The summed E-state index contributed by atoms with van der Waals surface area (Å²) >= 11 is 0. The van der Waals surface area contributed by atoms with Gasteiger partial charge in [0.05, 0.1) is 6.10 Å². The van der Waals surface area contributed by atoms with Crippen LogP contribution in [0.4, 0.5) is 0 Å². The van der Waals surface area contributed by atoms with Crippen LogP contribution in [0.2, 0.25) is 0 Å². The van der Waals surface area contributed by atoms with Gasteiger partial charge in [0, 0.05) is 0 Å². The SMILES string of the molecule is CC(C)[C@H](C)CC[C@@H](C)[C@H]1CCC2=C3CC[C@H]4C[C@@H](O)CC[C@]4(C)[C@@H]3CC[C@@]21C. The van der Waals surface area contributed by atoms with E-state index in [2.05, 4.69) is 41.5 Å². The minimum Gasteiger partial charge on any atom is -0.393 e. The van der Waals surface area contributed by atoms with Crippen molar-refractivity contribution in [2.45, 2.75) is 118 Å². The molecule has 166 valence electrons. The van der Waals surface area contributed by atoms with E-state index in [-0.39, 0.29) is 6.10 Å². The molecule has 0 saturated heterocycles. The third kappa shape index (κ3) is 3.66. The molecule has 0 aromatic carbocycles. The monoisotopic (exact) mass is 400 g/mol. The average molecular weight is 401 g/mol. The van der Waals surface area contributed by atoms with Crippen molar-refractivity contribution < 1.29 is 5.11 Å². The van der Waals surface area contributed by atoms with Crippen molar-refractivity contribution in [3.63, 3.8) is 0 Å². The molecule has 29 heavy (non-hydrogen) atoms. The molecule has 0 spiro atoms. The lowest BCUT2D eigenvalue weighted by Gasteiger charge is -2.56. The van der Waals surface area contributed by atoms with E-state index in [0.29, 0.717) is 10.8 Å². The molecular formula is C28H48O. The van der Waals surface area contributed by atoms with Gasteiger partial charge in [-0.1, -0.05) is 65.5 Å². The zero-order valence-corrected chi connectivity index (χ0v) is 20.3. The molecular weight excluding hydrogens is 352 g/mol. The second kappa shape index (κ2) is 7.99. The van der Waals surface area contributed by atoms with Crippen molar-refractivity contribution in [2.75, 3.05) is 0 Å². The van der Waals surface area contributed by atoms with Gasteiger partial charge in [-0.05, 0) is 104 Å². The first-order valence-electron chi connectivity index (χ1n) is 13.1. The highest BCUT2D eigenvalue weighted by Crippen LogP contribution is 2.65. The Morgan fingerprint density at radius 1 is 0.931 bits per heavy atom. The first-order chi connectivity index (χ1) is 13.7. The molecule has 1 heteroatoms. The fourth-order valence-corrected chi connectivity index (χ4v) is 8.48. The molecule has 3 fully saturated rings. The predicted molar refractivity (Wildman–Crippen MR) is 124 cm³/mol. The summed E-state index contributed by atoms with van der Waals surface area (Å²) in [5.74, 6) is 5.04. The van der Waals surface area contributed by atoms with Gasteiger partial charge in [0.15, 0.2) is 0 Å². The molecule has 0 radical (unpaired) electrons. The zero-order chi connectivity index (χ0) is 21.0. The van der Waals surface area contributed by atoms with Crippen molar-refractivity contribution in [3.05, 3.63) is 11.1 Å². The number of aliphatic hydroxyl groups is 1. The smallest absolute Gasteiger partial charge is 0.0543 e. The molecule has 0 unspecified atom stereocenters. The van der Waals surface area contributed by atoms with E-state index in [4.69, 9.17) is 0 Å². The third-order valence-electron chi connectivity index (χ3n) is 10.9. The lowest BCUT2D eigenvalue weighted by atomic mass is 9.49. The minimum absolute atomic E-state index is 0.0268. The molecule has 4 aliphatic rings. The van der Waals surface area contributed by atoms with E-state index in [9.17, 15) is 5.11 Å². The Hall–Kier alpha value is -0.300. The van der Waals surface area contributed by atoms with Crippen LogP contribution in [-0.4, -0.2) is 11.2 Å². The maximum Gasteiger partial charge on any atom is 0.0543 e. The molecule has 1 nitrogen and oxygen atoms in total. The number of hydrogen-bond donors (Lipinski definition) is 1. The Bertz CT molecular complexity index is 632. The number of hydrogen-bond acceptors (Lipinski definition) is 1.